The summed E-state index contributed by atoms with van der Waals surface area (Å²) < 4.78 is 0.982. The number of hydrogen-bond acceptors (Lipinski definition) is 2. The summed E-state index contributed by atoms with van der Waals surface area (Å²) >= 11 is 17.3. The Balaban J connectivity index is 2.06. The van der Waals surface area contributed by atoms with Crippen LogP contribution in [0.1, 0.15) is 10.9 Å². The van der Waals surface area contributed by atoms with E-state index in [0.717, 1.165) is 15.7 Å². The van der Waals surface area contributed by atoms with E-state index in [1.54, 1.807) is 34.9 Å². The maximum atomic E-state index is 12.3. The van der Waals surface area contributed by atoms with Crippen molar-refractivity contribution >= 4 is 62.5 Å². The fourth-order valence-electron chi connectivity index (χ4n) is 2.29. The van der Waals surface area contributed by atoms with E-state index in [1.807, 2.05) is 24.3 Å². The van der Waals surface area contributed by atoms with Crippen LogP contribution in [0.25, 0.3) is 0 Å². The van der Waals surface area contributed by atoms with E-state index < -0.39 is 0 Å². The lowest BCUT2D eigenvalue weighted by Crippen LogP contribution is -2.28. The summed E-state index contributed by atoms with van der Waals surface area (Å²) in [6.07, 6.45) is 0. The first-order valence-electron chi connectivity index (χ1n) is 6.20. The van der Waals surface area contributed by atoms with Gasteiger partial charge in [-0.1, -0.05) is 57.3 Å². The van der Waals surface area contributed by atoms with Gasteiger partial charge in [-0.15, -0.1) is 11.8 Å². The lowest BCUT2D eigenvalue weighted by atomic mass is 10.2. The topological polar surface area (TPSA) is 20.3 Å². The second-order valence-corrected chi connectivity index (χ2v) is 7.37. The second-order valence-electron chi connectivity index (χ2n) is 4.58. The number of halogens is 3. The van der Waals surface area contributed by atoms with Gasteiger partial charge in [-0.25, -0.2) is 0 Å². The van der Waals surface area contributed by atoms with Crippen molar-refractivity contribution in [3.63, 3.8) is 0 Å². The van der Waals surface area contributed by atoms with E-state index in [4.69, 9.17) is 23.2 Å². The smallest absolute Gasteiger partial charge is 0.238 e. The monoisotopic (exact) mass is 401 g/mol. The van der Waals surface area contributed by atoms with Gasteiger partial charge in [0.05, 0.1) is 5.75 Å². The molecule has 1 aliphatic heterocycles. The molecule has 0 N–H and O–H groups in total. The molecule has 1 saturated heterocycles. The molecule has 0 spiro atoms. The molecule has 0 saturated carbocycles. The normalized spacial score (nSPS) is 18.3. The number of nitrogens with zero attached hydrogens (tertiary/aromatic N) is 1. The van der Waals surface area contributed by atoms with E-state index in [1.165, 1.54) is 0 Å². The molecule has 1 aliphatic rings. The van der Waals surface area contributed by atoms with Crippen LogP contribution in [-0.2, 0) is 4.79 Å². The van der Waals surface area contributed by atoms with Gasteiger partial charge in [0.1, 0.15) is 5.37 Å². The third-order valence-corrected chi connectivity index (χ3v) is 5.52. The van der Waals surface area contributed by atoms with Crippen molar-refractivity contribution in [1.82, 2.24) is 0 Å². The molecule has 3 rings (SSSR count). The van der Waals surface area contributed by atoms with Crippen LogP contribution in [-0.4, -0.2) is 11.7 Å². The van der Waals surface area contributed by atoms with Gasteiger partial charge in [0.2, 0.25) is 5.91 Å². The Labute approximate surface area is 145 Å². The molecule has 2 nitrogen and oxygen atoms in total. The van der Waals surface area contributed by atoms with Crippen molar-refractivity contribution < 1.29 is 4.79 Å². The van der Waals surface area contributed by atoms with Crippen LogP contribution in [0.15, 0.2) is 46.9 Å². The third-order valence-electron chi connectivity index (χ3n) is 3.16. The summed E-state index contributed by atoms with van der Waals surface area (Å²) in [5.41, 5.74) is 1.78. The third kappa shape index (κ3) is 3.09. The van der Waals surface area contributed by atoms with E-state index >= 15 is 0 Å². The lowest BCUT2D eigenvalue weighted by Gasteiger charge is -2.25. The van der Waals surface area contributed by atoms with E-state index in [2.05, 4.69) is 15.9 Å². The van der Waals surface area contributed by atoms with Gasteiger partial charge >= 0.3 is 0 Å². The molecule has 0 radical (unpaired) electrons. The van der Waals surface area contributed by atoms with Gasteiger partial charge in [-0.3, -0.25) is 9.69 Å². The Morgan fingerprint density at radius 2 is 1.81 bits per heavy atom. The van der Waals surface area contributed by atoms with Crippen LogP contribution >= 0.6 is 50.9 Å². The van der Waals surface area contributed by atoms with Gasteiger partial charge in [0.25, 0.3) is 0 Å². The SMILES string of the molecule is O=C1CS[C@@H](c2ccccc2Br)N1c1cc(Cl)cc(Cl)c1. The molecule has 1 amide bonds. The van der Waals surface area contributed by atoms with Crippen LogP contribution < -0.4 is 4.90 Å². The van der Waals surface area contributed by atoms with Gasteiger partial charge in [-0.05, 0) is 29.8 Å². The lowest BCUT2D eigenvalue weighted by molar-refractivity contribution is -0.115. The largest absolute Gasteiger partial charge is 0.295 e. The highest BCUT2D eigenvalue weighted by molar-refractivity contribution is 9.10. The first kappa shape index (κ1) is 15.2. The summed E-state index contributed by atoms with van der Waals surface area (Å²) in [5, 5.41) is 0.962. The molecular formula is C15H10BrCl2NOS. The number of amides is 1. The molecule has 21 heavy (non-hydrogen) atoms. The van der Waals surface area contributed by atoms with Crippen molar-refractivity contribution in [2.45, 2.75) is 5.37 Å². The van der Waals surface area contributed by atoms with Crippen molar-refractivity contribution in [3.05, 3.63) is 62.5 Å². The molecule has 0 bridgehead atoms. The molecule has 0 unspecified atom stereocenters. The summed E-state index contributed by atoms with van der Waals surface area (Å²) in [4.78, 5) is 14.0. The van der Waals surface area contributed by atoms with Gasteiger partial charge in [0, 0.05) is 20.2 Å². The fourth-order valence-corrected chi connectivity index (χ4v) is 4.67. The Morgan fingerprint density at radius 1 is 1.14 bits per heavy atom. The van der Waals surface area contributed by atoms with Crippen LogP contribution in [0, 0.1) is 0 Å². The number of hydrogen-bond donors (Lipinski definition) is 0. The van der Waals surface area contributed by atoms with Gasteiger partial charge < -0.3 is 0 Å². The number of anilines is 1. The first-order chi connectivity index (χ1) is 10.1. The van der Waals surface area contributed by atoms with Crippen molar-refractivity contribution in [2.24, 2.45) is 0 Å². The maximum Gasteiger partial charge on any atom is 0.238 e. The first-order valence-corrected chi connectivity index (χ1v) is 8.80. The molecule has 1 heterocycles. The average molecular weight is 403 g/mol. The Kier molecular flexibility index (Phi) is 4.50. The van der Waals surface area contributed by atoms with Gasteiger partial charge in [0.15, 0.2) is 0 Å². The summed E-state index contributed by atoms with van der Waals surface area (Å²) in [7, 11) is 0. The number of carbonyl (C=O) groups is 1. The molecule has 0 aliphatic carbocycles. The van der Waals surface area contributed by atoms with Gasteiger partial charge in [-0.2, -0.15) is 0 Å². The number of thioether (sulfide) groups is 1. The minimum atomic E-state index is -0.0809. The molecule has 1 fully saturated rings. The number of benzene rings is 2. The van der Waals surface area contributed by atoms with E-state index in [0.29, 0.717) is 15.8 Å². The minimum Gasteiger partial charge on any atom is -0.295 e. The van der Waals surface area contributed by atoms with Crippen molar-refractivity contribution in [1.29, 1.82) is 0 Å². The quantitative estimate of drug-likeness (QED) is 0.657. The number of rotatable bonds is 2. The molecule has 2 aromatic carbocycles. The zero-order valence-electron chi connectivity index (χ0n) is 10.7. The van der Waals surface area contributed by atoms with E-state index in [9.17, 15) is 4.79 Å². The molecule has 0 aromatic heterocycles. The average Bonchev–Trinajstić information content (AvgIpc) is 2.80. The predicted octanol–water partition coefficient (Wildman–Crippen LogP) is 5.53. The number of carbonyl (C=O) groups excluding carboxylic acids is 1. The Bertz CT molecular complexity index is 690. The second kappa shape index (κ2) is 6.21. The summed E-state index contributed by atoms with van der Waals surface area (Å²) in [6, 6.07) is 13.1. The highest BCUT2D eigenvalue weighted by atomic mass is 79.9. The molecule has 6 heteroatoms. The molecule has 108 valence electrons. The van der Waals surface area contributed by atoms with Crippen LogP contribution in [0.2, 0.25) is 10.0 Å². The highest BCUT2D eigenvalue weighted by Gasteiger charge is 2.35. The summed E-state index contributed by atoms with van der Waals surface area (Å²) in [6.45, 7) is 0. The van der Waals surface area contributed by atoms with Crippen LogP contribution in [0.3, 0.4) is 0 Å². The summed E-state index contributed by atoms with van der Waals surface area (Å²) in [5.74, 6) is 0.495. The molecule has 2 aromatic rings. The zero-order chi connectivity index (χ0) is 15.0. The predicted molar refractivity (Wildman–Crippen MR) is 93.3 cm³/mol. The Morgan fingerprint density at radius 3 is 2.48 bits per heavy atom. The standard InChI is InChI=1S/C15H10BrCl2NOS/c16-13-4-2-1-3-12(13)15-19(14(20)8-21-15)11-6-9(17)5-10(18)7-11/h1-7,15H,8H2/t15-/m0/s1. The fraction of sp³-hybridized carbons (Fsp3) is 0.133. The van der Waals surface area contributed by atoms with Crippen molar-refractivity contribution in [3.8, 4) is 0 Å². The zero-order valence-corrected chi connectivity index (χ0v) is 14.6. The molecule has 1 atom stereocenters. The van der Waals surface area contributed by atoms with Crippen LogP contribution in [0.5, 0.6) is 0 Å². The van der Waals surface area contributed by atoms with Crippen LogP contribution in [0.4, 0.5) is 5.69 Å². The maximum absolute atomic E-state index is 12.3. The minimum absolute atomic E-state index is 0.0547. The van der Waals surface area contributed by atoms with E-state index in [-0.39, 0.29) is 11.3 Å². The highest BCUT2D eigenvalue weighted by Crippen LogP contribution is 2.44. The molecular weight excluding hydrogens is 393 g/mol. The Hall–Kier alpha value is -0.680. The van der Waals surface area contributed by atoms with Crippen molar-refractivity contribution in [2.75, 3.05) is 10.7 Å².